The molecular formula is C17H14ClN3O5S. The third-order valence-electron chi connectivity index (χ3n) is 4.53. The summed E-state index contributed by atoms with van der Waals surface area (Å²) < 4.78 is 5.31. The van der Waals surface area contributed by atoms with Gasteiger partial charge in [0.2, 0.25) is 5.91 Å². The highest BCUT2D eigenvalue weighted by Gasteiger charge is 2.57. The number of carbonyl (C=O) groups is 3. The number of halogens is 1. The molecule has 10 heteroatoms. The lowest BCUT2D eigenvalue weighted by molar-refractivity contribution is -0.148. The number of rotatable bonds is 4. The molecule has 1 fully saturated rings. The Bertz CT molecular complexity index is 1000. The second kappa shape index (κ2) is 6.59. The van der Waals surface area contributed by atoms with Gasteiger partial charge in [0, 0.05) is 16.8 Å². The number of carboxylic acid groups (broad SMARTS) is 1. The van der Waals surface area contributed by atoms with Crippen molar-refractivity contribution in [2.24, 2.45) is 5.73 Å². The van der Waals surface area contributed by atoms with E-state index >= 15 is 0 Å². The zero-order valence-corrected chi connectivity index (χ0v) is 15.4. The number of benzene rings is 1. The molecule has 1 aromatic heterocycles. The second-order valence-electron chi connectivity index (χ2n) is 6.02. The van der Waals surface area contributed by atoms with Gasteiger partial charge in [0.1, 0.15) is 22.7 Å². The van der Waals surface area contributed by atoms with Gasteiger partial charge >= 0.3 is 5.97 Å². The lowest BCUT2D eigenvalue weighted by Crippen LogP contribution is -2.72. The van der Waals surface area contributed by atoms with Gasteiger partial charge in [-0.15, -0.1) is 11.8 Å². The number of nitrogens with two attached hydrogens (primary N) is 1. The number of furan rings is 1. The fourth-order valence-corrected chi connectivity index (χ4v) is 4.92. The van der Waals surface area contributed by atoms with Crippen LogP contribution in [0.25, 0.3) is 11.0 Å². The first-order valence-electron chi connectivity index (χ1n) is 8.00. The Morgan fingerprint density at radius 3 is 2.89 bits per heavy atom. The molecule has 8 nitrogen and oxygen atoms in total. The van der Waals surface area contributed by atoms with Gasteiger partial charge in [-0.2, -0.15) is 0 Å². The van der Waals surface area contributed by atoms with Crippen LogP contribution in [0.5, 0.6) is 0 Å². The zero-order valence-electron chi connectivity index (χ0n) is 13.8. The molecule has 0 saturated carbocycles. The first-order valence-corrected chi connectivity index (χ1v) is 9.42. The average molecular weight is 408 g/mol. The van der Waals surface area contributed by atoms with Gasteiger partial charge in [0.15, 0.2) is 0 Å². The number of fused-ring (bicyclic) bond motifs is 2. The number of aliphatic carboxylic acids is 1. The number of anilines is 1. The lowest BCUT2D eigenvalue weighted by Gasteiger charge is -2.52. The average Bonchev–Trinajstić information content (AvgIpc) is 3.12. The summed E-state index contributed by atoms with van der Waals surface area (Å²) in [6, 6.07) is 6.00. The van der Waals surface area contributed by atoms with Crippen LogP contribution in [0.4, 0.5) is 5.69 Å². The van der Waals surface area contributed by atoms with Crippen LogP contribution < -0.4 is 10.6 Å². The van der Waals surface area contributed by atoms with Gasteiger partial charge < -0.3 is 15.3 Å². The molecule has 3 heterocycles. The maximum Gasteiger partial charge on any atom is 0.353 e. The summed E-state index contributed by atoms with van der Waals surface area (Å²) in [4.78, 5) is 39.3. The van der Waals surface area contributed by atoms with E-state index in [4.69, 9.17) is 21.8 Å². The van der Waals surface area contributed by atoms with Crippen LogP contribution in [0, 0.1) is 0 Å². The third-order valence-corrected chi connectivity index (χ3v) is 6.27. The highest BCUT2D eigenvalue weighted by atomic mass is 35.5. The van der Waals surface area contributed by atoms with Gasteiger partial charge in [0.05, 0.1) is 17.8 Å². The van der Waals surface area contributed by atoms with Crippen LogP contribution in [0.1, 0.15) is 0 Å². The Hall–Kier alpha value is -2.49. The van der Waals surface area contributed by atoms with Crippen molar-refractivity contribution < 1.29 is 23.9 Å². The van der Waals surface area contributed by atoms with Gasteiger partial charge in [-0.25, -0.2) is 4.79 Å². The summed E-state index contributed by atoms with van der Waals surface area (Å²) in [6.45, 7) is -0.285. The van der Waals surface area contributed by atoms with Crippen molar-refractivity contribution in [1.82, 2.24) is 4.90 Å². The number of amides is 2. The molecule has 0 radical (unpaired) electrons. The molecule has 0 aliphatic carbocycles. The summed E-state index contributed by atoms with van der Waals surface area (Å²) in [7, 11) is 0. The number of thioether (sulfide) groups is 1. The number of carboxylic acids is 1. The van der Waals surface area contributed by atoms with Crippen LogP contribution in [0.15, 0.2) is 45.7 Å². The normalized spacial score (nSPS) is 21.9. The van der Waals surface area contributed by atoms with E-state index in [0.717, 1.165) is 10.3 Å². The van der Waals surface area contributed by atoms with Crippen molar-refractivity contribution in [1.29, 1.82) is 0 Å². The molecule has 2 aliphatic rings. The van der Waals surface area contributed by atoms with Crippen LogP contribution >= 0.6 is 23.4 Å². The first kappa shape index (κ1) is 17.9. The lowest BCUT2D eigenvalue weighted by atomic mass is 10.0. The van der Waals surface area contributed by atoms with Gasteiger partial charge in [-0.1, -0.05) is 11.6 Å². The smallest absolute Gasteiger partial charge is 0.353 e. The molecule has 27 heavy (non-hydrogen) atoms. The van der Waals surface area contributed by atoms with Crippen molar-refractivity contribution in [3.8, 4) is 0 Å². The Morgan fingerprint density at radius 2 is 2.19 bits per heavy atom. The molecule has 2 aromatic rings. The molecule has 3 N–H and O–H groups in total. The maximum atomic E-state index is 12.8. The fraction of sp³-hybridized carbons (Fsp3) is 0.235. The Morgan fingerprint density at radius 1 is 1.41 bits per heavy atom. The molecule has 0 spiro atoms. The van der Waals surface area contributed by atoms with E-state index in [2.05, 4.69) is 0 Å². The largest absolute Gasteiger partial charge is 0.477 e. The molecule has 1 aromatic carbocycles. The number of β-lactam (4-membered cyclic amide) rings is 1. The summed E-state index contributed by atoms with van der Waals surface area (Å²) >= 11 is 7.31. The van der Waals surface area contributed by atoms with Gasteiger partial charge in [0.25, 0.3) is 5.91 Å². The predicted octanol–water partition coefficient (Wildman–Crippen LogP) is 1.54. The van der Waals surface area contributed by atoms with E-state index in [-0.39, 0.29) is 23.0 Å². The van der Waals surface area contributed by atoms with Crippen molar-refractivity contribution in [3.05, 3.63) is 41.3 Å². The summed E-state index contributed by atoms with van der Waals surface area (Å²) in [5, 5.41) is 9.72. The van der Waals surface area contributed by atoms with Crippen molar-refractivity contribution in [2.75, 3.05) is 17.2 Å². The molecule has 0 bridgehead atoms. The molecular weight excluding hydrogens is 394 g/mol. The Kier molecular flexibility index (Phi) is 4.37. The highest BCUT2D eigenvalue weighted by Crippen LogP contribution is 2.44. The molecule has 4 rings (SSSR count). The van der Waals surface area contributed by atoms with Crippen molar-refractivity contribution in [2.45, 2.75) is 11.4 Å². The molecule has 2 amide bonds. The molecule has 140 valence electrons. The minimum absolute atomic E-state index is 0.104. The van der Waals surface area contributed by atoms with Crippen LogP contribution in [-0.2, 0) is 14.4 Å². The maximum absolute atomic E-state index is 12.8. The quantitative estimate of drug-likeness (QED) is 0.738. The van der Waals surface area contributed by atoms with E-state index in [9.17, 15) is 19.5 Å². The number of nitrogens with zero attached hydrogens (tertiary/aromatic N) is 2. The third kappa shape index (κ3) is 2.70. The monoisotopic (exact) mass is 407 g/mol. The minimum atomic E-state index is -1.27. The number of carbonyl (C=O) groups excluding carboxylic acids is 2. The predicted molar refractivity (Wildman–Crippen MR) is 100 cm³/mol. The Balaban J connectivity index is 1.74. The summed E-state index contributed by atoms with van der Waals surface area (Å²) in [5.74, 6) is -1.96. The van der Waals surface area contributed by atoms with Crippen LogP contribution in [0.3, 0.4) is 0 Å². The van der Waals surface area contributed by atoms with Crippen LogP contribution in [-0.4, -0.2) is 51.5 Å². The molecule has 1 saturated heterocycles. The van der Waals surface area contributed by atoms with Gasteiger partial charge in [-0.3, -0.25) is 19.4 Å². The van der Waals surface area contributed by atoms with E-state index in [1.54, 1.807) is 24.3 Å². The molecule has 2 unspecified atom stereocenters. The number of hydrogen-bond acceptors (Lipinski definition) is 6. The van der Waals surface area contributed by atoms with Crippen molar-refractivity contribution >= 4 is 57.8 Å². The molecule has 2 atom stereocenters. The van der Waals surface area contributed by atoms with Crippen molar-refractivity contribution in [3.63, 3.8) is 0 Å². The van der Waals surface area contributed by atoms with E-state index < -0.39 is 29.2 Å². The van der Waals surface area contributed by atoms with Gasteiger partial charge in [-0.05, 0) is 24.3 Å². The van der Waals surface area contributed by atoms with E-state index in [1.807, 2.05) is 0 Å². The summed E-state index contributed by atoms with van der Waals surface area (Å²) in [6.07, 6.45) is 1.53. The number of hydrogen-bond donors (Lipinski definition) is 2. The second-order valence-corrected chi connectivity index (χ2v) is 7.59. The standard InChI is InChI=1S/C17H14ClN3O5S/c18-10-7-27-16-14(15(23)21(16)13(10)17(24)25)20(12(22)6-19)9-1-2-11-8(5-9)3-4-26-11/h1-5,14,16H,6-7,19H2,(H,24,25). The SMILES string of the molecule is NCC(=O)N(c1ccc2occc2c1)C1C(=O)N2C(C(=O)O)=C(Cl)CSC12. The van der Waals surface area contributed by atoms with Crippen LogP contribution in [0.2, 0.25) is 0 Å². The van der Waals surface area contributed by atoms with E-state index in [1.165, 1.54) is 22.9 Å². The molecule has 2 aliphatic heterocycles. The first-order chi connectivity index (χ1) is 12.9. The Labute approximate surface area is 162 Å². The highest BCUT2D eigenvalue weighted by molar-refractivity contribution is 8.00. The van der Waals surface area contributed by atoms with E-state index in [0.29, 0.717) is 11.3 Å². The topological polar surface area (TPSA) is 117 Å². The zero-order chi connectivity index (χ0) is 19.3. The fourth-order valence-electron chi connectivity index (χ4n) is 3.33. The summed E-state index contributed by atoms with van der Waals surface area (Å²) in [5.41, 5.74) is 6.48. The minimum Gasteiger partial charge on any atom is -0.477 e.